The number of rotatable bonds is 2. The third kappa shape index (κ3) is 2.52. The van der Waals surface area contributed by atoms with E-state index >= 15 is 0 Å². The summed E-state index contributed by atoms with van der Waals surface area (Å²) in [6, 6.07) is 11.6. The van der Waals surface area contributed by atoms with Crippen molar-refractivity contribution in [1.82, 2.24) is 0 Å². The van der Waals surface area contributed by atoms with E-state index in [1.807, 2.05) is 30.3 Å². The van der Waals surface area contributed by atoms with Gasteiger partial charge in [0.15, 0.2) is 0 Å². The standard InChI is InChI=1S/C17H16O3/c1-12-5-4-6-13-11-14(8-9-15(12)13)17(18)20-16-7-2-3-10-19-16/h4-9,11H,2-3,10H2,1H3. The van der Waals surface area contributed by atoms with Crippen LogP contribution < -0.4 is 0 Å². The van der Waals surface area contributed by atoms with Gasteiger partial charge in [0.05, 0.1) is 12.2 Å². The summed E-state index contributed by atoms with van der Waals surface area (Å²) in [5.74, 6) is -0.0489. The van der Waals surface area contributed by atoms with Crippen molar-refractivity contribution in [2.75, 3.05) is 6.61 Å². The predicted octanol–water partition coefficient (Wildman–Crippen LogP) is 3.96. The molecule has 3 rings (SSSR count). The summed E-state index contributed by atoms with van der Waals surface area (Å²) in [7, 11) is 0. The maximum atomic E-state index is 12.1. The summed E-state index contributed by atoms with van der Waals surface area (Å²) in [4.78, 5) is 12.1. The molecule has 2 aromatic carbocycles. The maximum absolute atomic E-state index is 12.1. The second kappa shape index (κ2) is 5.37. The Morgan fingerprint density at radius 3 is 2.95 bits per heavy atom. The van der Waals surface area contributed by atoms with Gasteiger partial charge in [-0.05, 0) is 54.3 Å². The highest BCUT2D eigenvalue weighted by molar-refractivity contribution is 5.96. The van der Waals surface area contributed by atoms with Crippen molar-refractivity contribution in [3.8, 4) is 0 Å². The highest BCUT2D eigenvalue weighted by Crippen LogP contribution is 2.21. The molecule has 0 amide bonds. The minimum absolute atomic E-state index is 0.325. The molecule has 0 radical (unpaired) electrons. The van der Waals surface area contributed by atoms with Crippen molar-refractivity contribution < 1.29 is 14.3 Å². The summed E-state index contributed by atoms with van der Waals surface area (Å²) in [6.45, 7) is 2.66. The highest BCUT2D eigenvalue weighted by atomic mass is 16.7. The number of hydrogen-bond acceptors (Lipinski definition) is 3. The number of carbonyl (C=O) groups excluding carboxylic acids is 1. The number of fused-ring (bicyclic) bond motifs is 1. The van der Waals surface area contributed by atoms with Gasteiger partial charge in [-0.1, -0.05) is 24.3 Å². The highest BCUT2D eigenvalue weighted by Gasteiger charge is 2.14. The molecule has 0 atom stereocenters. The van der Waals surface area contributed by atoms with Gasteiger partial charge in [0, 0.05) is 0 Å². The molecule has 1 aliphatic rings. The van der Waals surface area contributed by atoms with Crippen LogP contribution in [0.25, 0.3) is 10.8 Å². The summed E-state index contributed by atoms with van der Waals surface area (Å²) in [6.07, 6.45) is 3.67. The summed E-state index contributed by atoms with van der Waals surface area (Å²) in [5, 5.41) is 2.19. The third-order valence-electron chi connectivity index (χ3n) is 3.43. The molecule has 0 N–H and O–H groups in total. The number of carbonyl (C=O) groups is 1. The lowest BCUT2D eigenvalue weighted by Gasteiger charge is -2.14. The van der Waals surface area contributed by atoms with Crippen molar-refractivity contribution in [3.63, 3.8) is 0 Å². The Morgan fingerprint density at radius 1 is 1.25 bits per heavy atom. The average molecular weight is 268 g/mol. The number of benzene rings is 2. The Balaban J connectivity index is 1.86. The fourth-order valence-electron chi connectivity index (χ4n) is 2.33. The van der Waals surface area contributed by atoms with Crippen LogP contribution in [0, 0.1) is 6.92 Å². The van der Waals surface area contributed by atoms with Crippen molar-refractivity contribution in [2.24, 2.45) is 0 Å². The van der Waals surface area contributed by atoms with Crippen LogP contribution in [0.3, 0.4) is 0 Å². The zero-order valence-electron chi connectivity index (χ0n) is 11.4. The molecular formula is C17H16O3. The molecule has 20 heavy (non-hydrogen) atoms. The summed E-state index contributed by atoms with van der Waals surface area (Å²) in [5.41, 5.74) is 1.74. The topological polar surface area (TPSA) is 35.5 Å². The molecule has 1 aliphatic heterocycles. The van der Waals surface area contributed by atoms with Gasteiger partial charge < -0.3 is 9.47 Å². The molecule has 3 heteroatoms. The zero-order valence-corrected chi connectivity index (χ0v) is 11.4. The molecule has 2 aromatic rings. The smallest absolute Gasteiger partial charge is 0.345 e. The quantitative estimate of drug-likeness (QED) is 0.773. The van der Waals surface area contributed by atoms with Crippen molar-refractivity contribution in [1.29, 1.82) is 0 Å². The van der Waals surface area contributed by atoms with Gasteiger partial charge >= 0.3 is 5.97 Å². The minimum Gasteiger partial charge on any atom is -0.465 e. The lowest BCUT2D eigenvalue weighted by molar-refractivity contribution is 0.0208. The third-order valence-corrected chi connectivity index (χ3v) is 3.43. The predicted molar refractivity (Wildman–Crippen MR) is 77.4 cm³/mol. The first-order chi connectivity index (χ1) is 9.74. The Labute approximate surface area is 117 Å². The SMILES string of the molecule is Cc1cccc2cc(C(=O)OC3=CCCCO3)ccc12. The van der Waals surface area contributed by atoms with Crippen LogP contribution in [0.15, 0.2) is 48.4 Å². The van der Waals surface area contributed by atoms with Gasteiger partial charge in [-0.15, -0.1) is 0 Å². The lowest BCUT2D eigenvalue weighted by atomic mass is 10.0. The Morgan fingerprint density at radius 2 is 2.15 bits per heavy atom. The van der Waals surface area contributed by atoms with Gasteiger partial charge in [-0.2, -0.15) is 0 Å². The number of allylic oxidation sites excluding steroid dienone is 1. The minimum atomic E-state index is -0.374. The molecule has 0 saturated heterocycles. The molecule has 0 bridgehead atoms. The second-order valence-electron chi connectivity index (χ2n) is 4.91. The normalized spacial score (nSPS) is 14.6. The van der Waals surface area contributed by atoms with Crippen molar-refractivity contribution in [2.45, 2.75) is 19.8 Å². The monoisotopic (exact) mass is 268 g/mol. The van der Waals surface area contributed by atoms with E-state index in [2.05, 4.69) is 13.0 Å². The molecule has 3 nitrogen and oxygen atoms in total. The molecule has 102 valence electrons. The first-order valence-electron chi connectivity index (χ1n) is 6.78. The van der Waals surface area contributed by atoms with Crippen LogP contribution in [0.2, 0.25) is 0 Å². The van der Waals surface area contributed by atoms with E-state index in [-0.39, 0.29) is 5.97 Å². The summed E-state index contributed by atoms with van der Waals surface area (Å²) >= 11 is 0. The lowest BCUT2D eigenvalue weighted by Crippen LogP contribution is -2.10. The Hall–Kier alpha value is -2.29. The Kier molecular flexibility index (Phi) is 3.42. The molecule has 0 fully saturated rings. The van der Waals surface area contributed by atoms with E-state index in [1.165, 1.54) is 5.56 Å². The van der Waals surface area contributed by atoms with Crippen LogP contribution >= 0.6 is 0 Å². The molecule has 0 aliphatic carbocycles. The molecule has 0 saturated carbocycles. The van der Waals surface area contributed by atoms with Crippen LogP contribution in [0.1, 0.15) is 28.8 Å². The van der Waals surface area contributed by atoms with Crippen LogP contribution in [0.5, 0.6) is 0 Å². The van der Waals surface area contributed by atoms with E-state index in [4.69, 9.17) is 9.47 Å². The fraction of sp³-hybridized carbons (Fsp3) is 0.235. The van der Waals surface area contributed by atoms with Crippen LogP contribution in [-0.2, 0) is 9.47 Å². The molecule has 1 heterocycles. The van der Waals surface area contributed by atoms with Gasteiger partial charge in [0.2, 0.25) is 0 Å². The first kappa shape index (κ1) is 12.7. The van der Waals surface area contributed by atoms with Crippen molar-refractivity contribution >= 4 is 16.7 Å². The zero-order chi connectivity index (χ0) is 13.9. The van der Waals surface area contributed by atoms with Gasteiger partial charge in [0.1, 0.15) is 0 Å². The molecule has 0 aromatic heterocycles. The van der Waals surface area contributed by atoms with Gasteiger partial charge in [-0.3, -0.25) is 0 Å². The van der Waals surface area contributed by atoms with E-state index in [0.717, 1.165) is 23.6 Å². The molecule has 0 spiro atoms. The number of aryl methyl sites for hydroxylation is 1. The van der Waals surface area contributed by atoms with E-state index in [0.29, 0.717) is 18.1 Å². The number of ether oxygens (including phenoxy) is 2. The van der Waals surface area contributed by atoms with Gasteiger partial charge in [0.25, 0.3) is 5.95 Å². The van der Waals surface area contributed by atoms with E-state index < -0.39 is 0 Å². The summed E-state index contributed by atoms with van der Waals surface area (Å²) < 4.78 is 10.6. The van der Waals surface area contributed by atoms with Crippen LogP contribution in [-0.4, -0.2) is 12.6 Å². The number of esters is 1. The van der Waals surface area contributed by atoms with Crippen LogP contribution in [0.4, 0.5) is 0 Å². The van der Waals surface area contributed by atoms with Crippen molar-refractivity contribution in [3.05, 3.63) is 59.5 Å². The van der Waals surface area contributed by atoms with Gasteiger partial charge in [-0.25, -0.2) is 4.79 Å². The fourth-order valence-corrected chi connectivity index (χ4v) is 2.33. The molecule has 0 unspecified atom stereocenters. The van der Waals surface area contributed by atoms with E-state index in [9.17, 15) is 4.79 Å². The largest absolute Gasteiger partial charge is 0.465 e. The Bertz CT molecular complexity index is 686. The van der Waals surface area contributed by atoms with E-state index in [1.54, 1.807) is 6.07 Å². The first-order valence-corrected chi connectivity index (χ1v) is 6.78. The second-order valence-corrected chi connectivity index (χ2v) is 4.91. The number of hydrogen-bond donors (Lipinski definition) is 0. The maximum Gasteiger partial charge on any atom is 0.345 e. The molecular weight excluding hydrogens is 252 g/mol. The average Bonchev–Trinajstić information content (AvgIpc) is 2.48.